The monoisotopic (exact) mass is 268 g/mol. The standard InChI is InChI=1S/C17H16O3/c1-10(2)17(18)20-16-13-7-5-4-6-12(13)11(3)14-8-19-9-15(14)16/h4-7H,1,8-9H2,2-3H3. The van der Waals surface area contributed by atoms with Crippen molar-refractivity contribution in [2.24, 2.45) is 0 Å². The molecule has 0 aromatic heterocycles. The summed E-state index contributed by atoms with van der Waals surface area (Å²) in [7, 11) is 0. The van der Waals surface area contributed by atoms with Gasteiger partial charge in [0, 0.05) is 16.5 Å². The summed E-state index contributed by atoms with van der Waals surface area (Å²) in [5, 5.41) is 2.05. The lowest BCUT2D eigenvalue weighted by molar-refractivity contribution is -0.130. The van der Waals surface area contributed by atoms with Gasteiger partial charge in [0.05, 0.1) is 13.2 Å². The smallest absolute Gasteiger partial charge is 0.338 e. The van der Waals surface area contributed by atoms with Crippen molar-refractivity contribution in [1.29, 1.82) is 0 Å². The van der Waals surface area contributed by atoms with Crippen LogP contribution < -0.4 is 4.74 Å². The first kappa shape index (κ1) is 12.9. The minimum atomic E-state index is -0.395. The summed E-state index contributed by atoms with van der Waals surface area (Å²) in [5.74, 6) is 0.222. The van der Waals surface area contributed by atoms with Crippen molar-refractivity contribution >= 4 is 16.7 Å². The number of carbonyl (C=O) groups excluding carboxylic acids is 1. The van der Waals surface area contributed by atoms with Gasteiger partial charge in [0.15, 0.2) is 0 Å². The van der Waals surface area contributed by atoms with Gasteiger partial charge in [0.2, 0.25) is 0 Å². The molecule has 0 saturated heterocycles. The molecule has 0 saturated carbocycles. The molecule has 1 heterocycles. The molecule has 20 heavy (non-hydrogen) atoms. The molecule has 0 spiro atoms. The molecule has 2 aromatic rings. The van der Waals surface area contributed by atoms with Crippen molar-refractivity contribution in [1.82, 2.24) is 0 Å². The van der Waals surface area contributed by atoms with E-state index in [0.717, 1.165) is 21.9 Å². The molecule has 0 bridgehead atoms. The average Bonchev–Trinajstić information content (AvgIpc) is 2.92. The van der Waals surface area contributed by atoms with Crippen molar-refractivity contribution in [2.75, 3.05) is 0 Å². The summed E-state index contributed by atoms with van der Waals surface area (Å²) in [6, 6.07) is 7.95. The molecule has 0 radical (unpaired) electrons. The second-order valence-electron chi connectivity index (χ2n) is 5.12. The highest BCUT2D eigenvalue weighted by Crippen LogP contribution is 2.39. The Morgan fingerprint density at radius 1 is 1.20 bits per heavy atom. The van der Waals surface area contributed by atoms with Crippen LogP contribution in [0.4, 0.5) is 0 Å². The van der Waals surface area contributed by atoms with Crippen LogP contribution in [0.2, 0.25) is 0 Å². The normalized spacial score (nSPS) is 13.3. The Morgan fingerprint density at radius 2 is 1.85 bits per heavy atom. The highest BCUT2D eigenvalue weighted by Gasteiger charge is 2.24. The Hall–Kier alpha value is -2.13. The number of aryl methyl sites for hydroxylation is 1. The Bertz CT molecular complexity index is 729. The summed E-state index contributed by atoms with van der Waals surface area (Å²) in [5.41, 5.74) is 3.70. The van der Waals surface area contributed by atoms with Crippen LogP contribution in [0.5, 0.6) is 5.75 Å². The second kappa shape index (κ2) is 4.76. The van der Waals surface area contributed by atoms with Gasteiger partial charge in [0.1, 0.15) is 5.75 Å². The van der Waals surface area contributed by atoms with Gasteiger partial charge in [-0.2, -0.15) is 0 Å². The fourth-order valence-electron chi connectivity index (χ4n) is 2.60. The fraction of sp³-hybridized carbons (Fsp3) is 0.235. The van der Waals surface area contributed by atoms with E-state index >= 15 is 0 Å². The predicted octanol–water partition coefficient (Wildman–Crippen LogP) is 3.66. The molecule has 3 rings (SSSR count). The van der Waals surface area contributed by atoms with Gasteiger partial charge in [-0.3, -0.25) is 0 Å². The summed E-state index contributed by atoms with van der Waals surface area (Å²) in [6.45, 7) is 8.43. The third-order valence-electron chi connectivity index (χ3n) is 3.70. The van der Waals surface area contributed by atoms with Gasteiger partial charge >= 0.3 is 5.97 Å². The molecule has 0 amide bonds. The molecule has 0 N–H and O–H groups in total. The van der Waals surface area contributed by atoms with E-state index in [1.54, 1.807) is 6.92 Å². The van der Waals surface area contributed by atoms with Crippen molar-refractivity contribution in [2.45, 2.75) is 27.1 Å². The van der Waals surface area contributed by atoms with Crippen molar-refractivity contribution in [3.63, 3.8) is 0 Å². The Labute approximate surface area is 117 Å². The third kappa shape index (κ3) is 1.91. The molecule has 0 aliphatic carbocycles. The number of carbonyl (C=O) groups is 1. The van der Waals surface area contributed by atoms with E-state index in [2.05, 4.69) is 13.5 Å². The first-order chi connectivity index (χ1) is 9.59. The number of fused-ring (bicyclic) bond motifs is 2. The highest BCUT2D eigenvalue weighted by molar-refractivity contribution is 5.97. The van der Waals surface area contributed by atoms with Gasteiger partial charge in [0.25, 0.3) is 0 Å². The van der Waals surface area contributed by atoms with E-state index in [4.69, 9.17) is 9.47 Å². The molecule has 3 heteroatoms. The van der Waals surface area contributed by atoms with E-state index in [-0.39, 0.29) is 0 Å². The Kier molecular flexibility index (Phi) is 3.07. The summed E-state index contributed by atoms with van der Waals surface area (Å²) in [4.78, 5) is 11.9. The van der Waals surface area contributed by atoms with Crippen LogP contribution in [0.15, 0.2) is 36.4 Å². The lowest BCUT2D eigenvalue weighted by atomic mass is 9.95. The van der Waals surface area contributed by atoms with E-state index in [0.29, 0.717) is 24.5 Å². The number of rotatable bonds is 2. The van der Waals surface area contributed by atoms with E-state index in [9.17, 15) is 4.79 Å². The predicted molar refractivity (Wildman–Crippen MR) is 77.6 cm³/mol. The van der Waals surface area contributed by atoms with Crippen molar-refractivity contribution in [3.8, 4) is 5.75 Å². The number of esters is 1. The minimum absolute atomic E-state index is 0.391. The molecule has 0 fully saturated rings. The van der Waals surface area contributed by atoms with Crippen LogP contribution in [0, 0.1) is 6.92 Å². The number of ether oxygens (including phenoxy) is 2. The van der Waals surface area contributed by atoms with Crippen LogP contribution in [0.3, 0.4) is 0 Å². The number of hydrogen-bond acceptors (Lipinski definition) is 3. The number of benzene rings is 2. The van der Waals surface area contributed by atoms with Gasteiger partial charge in [-0.05, 0) is 30.4 Å². The zero-order valence-electron chi connectivity index (χ0n) is 11.7. The average molecular weight is 268 g/mol. The van der Waals surface area contributed by atoms with Crippen molar-refractivity contribution in [3.05, 3.63) is 53.1 Å². The maximum absolute atomic E-state index is 11.9. The Balaban J connectivity index is 2.27. The van der Waals surface area contributed by atoms with Gasteiger partial charge in [-0.25, -0.2) is 4.79 Å². The molecule has 102 valence electrons. The first-order valence-electron chi connectivity index (χ1n) is 6.58. The Morgan fingerprint density at radius 3 is 2.55 bits per heavy atom. The topological polar surface area (TPSA) is 35.5 Å². The molecule has 0 atom stereocenters. The maximum atomic E-state index is 11.9. The molecule has 3 nitrogen and oxygen atoms in total. The van der Waals surface area contributed by atoms with Gasteiger partial charge in [-0.1, -0.05) is 30.8 Å². The van der Waals surface area contributed by atoms with Crippen LogP contribution in [0.1, 0.15) is 23.6 Å². The fourth-order valence-corrected chi connectivity index (χ4v) is 2.60. The lowest BCUT2D eigenvalue weighted by Gasteiger charge is -2.15. The maximum Gasteiger partial charge on any atom is 0.338 e. The molecular formula is C17H16O3. The quantitative estimate of drug-likeness (QED) is 0.473. The molecule has 0 unspecified atom stereocenters. The molecular weight excluding hydrogens is 252 g/mol. The van der Waals surface area contributed by atoms with Gasteiger partial charge < -0.3 is 9.47 Å². The zero-order chi connectivity index (χ0) is 14.3. The van der Waals surface area contributed by atoms with E-state index in [1.807, 2.05) is 24.3 Å². The largest absolute Gasteiger partial charge is 0.422 e. The van der Waals surface area contributed by atoms with E-state index < -0.39 is 5.97 Å². The molecule has 1 aliphatic rings. The van der Waals surface area contributed by atoms with Crippen LogP contribution in [-0.2, 0) is 22.7 Å². The van der Waals surface area contributed by atoms with Gasteiger partial charge in [-0.15, -0.1) is 0 Å². The SMILES string of the molecule is C=C(C)C(=O)Oc1c2c(c(C)c3ccccc13)COC2. The second-order valence-corrected chi connectivity index (χ2v) is 5.12. The van der Waals surface area contributed by atoms with Crippen LogP contribution in [0.25, 0.3) is 10.8 Å². The van der Waals surface area contributed by atoms with Crippen LogP contribution >= 0.6 is 0 Å². The third-order valence-corrected chi connectivity index (χ3v) is 3.70. The van der Waals surface area contributed by atoms with E-state index in [1.165, 1.54) is 5.56 Å². The molecule has 1 aliphatic heterocycles. The zero-order valence-corrected chi connectivity index (χ0v) is 11.7. The summed E-state index contributed by atoms with van der Waals surface area (Å²) >= 11 is 0. The minimum Gasteiger partial charge on any atom is -0.422 e. The summed E-state index contributed by atoms with van der Waals surface area (Å²) in [6.07, 6.45) is 0. The van der Waals surface area contributed by atoms with Crippen molar-refractivity contribution < 1.29 is 14.3 Å². The van der Waals surface area contributed by atoms with Crippen LogP contribution in [-0.4, -0.2) is 5.97 Å². The summed E-state index contributed by atoms with van der Waals surface area (Å²) < 4.78 is 11.1. The lowest BCUT2D eigenvalue weighted by Crippen LogP contribution is -2.10. The first-order valence-corrected chi connectivity index (χ1v) is 6.58. The number of hydrogen-bond donors (Lipinski definition) is 0. The molecule has 2 aromatic carbocycles. The highest BCUT2D eigenvalue weighted by atomic mass is 16.5.